The summed E-state index contributed by atoms with van der Waals surface area (Å²) in [6.45, 7) is 9.61. The fraction of sp³-hybridized carbons (Fsp3) is 0.828. The first kappa shape index (κ1) is 22.8. The largest absolute Gasteiger partial charge is 0.390 e. The lowest BCUT2D eigenvalue weighted by atomic mass is 9.43. The second-order valence-electron chi connectivity index (χ2n) is 12.8. The molecule has 4 fully saturated rings. The first-order valence-corrected chi connectivity index (χ1v) is 13.5. The molecule has 0 spiro atoms. The first-order valence-electron chi connectivity index (χ1n) is 13.5. The van der Waals surface area contributed by atoms with Crippen LogP contribution in [0.25, 0.3) is 0 Å². The predicted octanol–water partition coefficient (Wildman–Crippen LogP) is 6.55. The second-order valence-corrected chi connectivity index (χ2v) is 12.8. The Morgan fingerprint density at radius 1 is 1.03 bits per heavy atom. The Kier molecular flexibility index (Phi) is 5.77. The number of pyridine rings is 1. The maximum Gasteiger partial charge on any atom is 0.0833 e. The van der Waals surface area contributed by atoms with Gasteiger partial charge in [0.15, 0.2) is 0 Å². The molecule has 4 aliphatic carbocycles. The van der Waals surface area contributed by atoms with Crippen molar-refractivity contribution in [3.63, 3.8) is 0 Å². The lowest BCUT2D eigenvalue weighted by molar-refractivity contribution is -0.154. The predicted molar refractivity (Wildman–Crippen MR) is 129 cm³/mol. The third-order valence-electron chi connectivity index (χ3n) is 11.7. The molecule has 0 aliphatic heterocycles. The fourth-order valence-electron chi connectivity index (χ4n) is 9.62. The van der Waals surface area contributed by atoms with Gasteiger partial charge in [0.05, 0.1) is 11.7 Å². The van der Waals surface area contributed by atoms with Crippen LogP contribution in [-0.4, -0.2) is 20.8 Å². The molecule has 6 unspecified atom stereocenters. The summed E-state index contributed by atoms with van der Waals surface area (Å²) in [5.41, 5.74) is 1.34. The van der Waals surface area contributed by atoms with Crippen molar-refractivity contribution in [1.82, 2.24) is 4.98 Å². The first-order chi connectivity index (χ1) is 15.2. The number of hydrogen-bond donors (Lipinski definition) is 2. The molecule has 5 rings (SSSR count). The highest BCUT2D eigenvalue weighted by Gasteiger charge is 2.61. The normalized spacial score (nSPS) is 47.8. The molecular weight excluding hydrogens is 394 g/mol. The van der Waals surface area contributed by atoms with Crippen molar-refractivity contribution in [2.24, 2.45) is 46.3 Å². The smallest absolute Gasteiger partial charge is 0.0833 e. The van der Waals surface area contributed by atoms with Crippen LogP contribution in [0.4, 0.5) is 0 Å². The van der Waals surface area contributed by atoms with Crippen LogP contribution in [0.1, 0.15) is 104 Å². The van der Waals surface area contributed by atoms with Crippen molar-refractivity contribution < 1.29 is 10.2 Å². The highest BCUT2D eigenvalue weighted by Crippen LogP contribution is 2.69. The zero-order chi connectivity index (χ0) is 22.7. The van der Waals surface area contributed by atoms with Crippen molar-refractivity contribution in [2.75, 3.05) is 0 Å². The molecule has 10 atom stereocenters. The summed E-state index contributed by atoms with van der Waals surface area (Å²) in [4.78, 5) is 4.25. The number of nitrogens with zero attached hydrogens (tertiary/aromatic N) is 1. The van der Waals surface area contributed by atoms with Crippen LogP contribution in [-0.2, 0) is 0 Å². The quantitative estimate of drug-likeness (QED) is 0.559. The van der Waals surface area contributed by atoms with Gasteiger partial charge in [-0.25, -0.2) is 0 Å². The van der Waals surface area contributed by atoms with Gasteiger partial charge in [-0.3, -0.25) is 4.98 Å². The van der Waals surface area contributed by atoms with Gasteiger partial charge in [0, 0.05) is 12.4 Å². The van der Waals surface area contributed by atoms with Gasteiger partial charge in [-0.05, 0) is 122 Å². The van der Waals surface area contributed by atoms with Crippen LogP contribution < -0.4 is 0 Å². The van der Waals surface area contributed by atoms with Crippen molar-refractivity contribution in [2.45, 2.75) is 104 Å². The summed E-state index contributed by atoms with van der Waals surface area (Å²) in [7, 11) is 0. The number of aromatic nitrogens is 1. The Hall–Kier alpha value is -0.930. The number of aliphatic hydroxyl groups excluding tert-OH is 1. The summed E-state index contributed by atoms with van der Waals surface area (Å²) >= 11 is 0. The van der Waals surface area contributed by atoms with E-state index in [1.54, 1.807) is 6.20 Å². The molecule has 4 saturated carbocycles. The molecule has 3 heteroatoms. The SMILES string of the molecule is CC[C@]1(O)CC[C@@]2(C)C(CC[C@H]3C4CCC([C@H](C)C(O)c5cccnc5)C4(C)CCC32)C1. The van der Waals surface area contributed by atoms with E-state index >= 15 is 0 Å². The third-order valence-corrected chi connectivity index (χ3v) is 11.7. The zero-order valence-corrected chi connectivity index (χ0v) is 20.8. The minimum absolute atomic E-state index is 0.270. The number of rotatable bonds is 4. The average Bonchev–Trinajstić information content (AvgIpc) is 3.16. The van der Waals surface area contributed by atoms with Gasteiger partial charge >= 0.3 is 0 Å². The average molecular weight is 440 g/mol. The van der Waals surface area contributed by atoms with Crippen LogP contribution in [0.2, 0.25) is 0 Å². The standard InChI is InChI=1S/C29H45NO2/c1-5-29(32)15-14-27(3)21(17-29)8-9-22-24-11-10-23(28(24,4)13-12-25(22)27)19(2)26(31)20-7-6-16-30-18-20/h6-7,16,18-19,21-26,31-32H,5,8-15,17H2,1-4H3/t19-,21?,22-,23?,24?,25?,26?,27-,28?,29-/m0/s1. The van der Waals surface area contributed by atoms with Gasteiger partial charge in [0.1, 0.15) is 0 Å². The summed E-state index contributed by atoms with van der Waals surface area (Å²) in [5.74, 6) is 4.04. The van der Waals surface area contributed by atoms with Crippen LogP contribution in [0.15, 0.2) is 24.5 Å². The molecule has 0 aromatic carbocycles. The summed E-state index contributed by atoms with van der Waals surface area (Å²) in [6, 6.07) is 3.97. The van der Waals surface area contributed by atoms with Crippen LogP contribution in [0.5, 0.6) is 0 Å². The maximum atomic E-state index is 11.2. The third kappa shape index (κ3) is 3.40. The fourth-order valence-corrected chi connectivity index (χ4v) is 9.62. The van der Waals surface area contributed by atoms with E-state index in [4.69, 9.17) is 0 Å². The molecule has 0 amide bonds. The monoisotopic (exact) mass is 439 g/mol. The van der Waals surface area contributed by atoms with E-state index in [0.29, 0.717) is 22.7 Å². The van der Waals surface area contributed by atoms with Gasteiger partial charge in [-0.15, -0.1) is 0 Å². The van der Waals surface area contributed by atoms with E-state index < -0.39 is 11.7 Å². The van der Waals surface area contributed by atoms with E-state index in [-0.39, 0.29) is 5.92 Å². The van der Waals surface area contributed by atoms with E-state index in [1.165, 1.54) is 44.9 Å². The lowest BCUT2D eigenvalue weighted by Gasteiger charge is -2.62. The molecule has 2 N–H and O–H groups in total. The van der Waals surface area contributed by atoms with Crippen molar-refractivity contribution in [3.05, 3.63) is 30.1 Å². The zero-order valence-electron chi connectivity index (χ0n) is 20.8. The van der Waals surface area contributed by atoms with E-state index in [1.807, 2.05) is 18.3 Å². The summed E-state index contributed by atoms with van der Waals surface area (Å²) in [6.07, 6.45) is 15.3. The van der Waals surface area contributed by atoms with E-state index in [9.17, 15) is 10.2 Å². The van der Waals surface area contributed by atoms with Crippen molar-refractivity contribution in [3.8, 4) is 0 Å². The number of hydrogen-bond acceptors (Lipinski definition) is 3. The number of fused-ring (bicyclic) bond motifs is 5. The van der Waals surface area contributed by atoms with Crippen LogP contribution >= 0.6 is 0 Å². The molecule has 178 valence electrons. The maximum absolute atomic E-state index is 11.2. The minimum Gasteiger partial charge on any atom is -0.390 e. The highest BCUT2D eigenvalue weighted by atomic mass is 16.3. The second kappa shape index (κ2) is 8.08. The van der Waals surface area contributed by atoms with Gasteiger partial charge in [0.2, 0.25) is 0 Å². The summed E-state index contributed by atoms with van der Waals surface area (Å²) < 4.78 is 0. The lowest BCUT2D eigenvalue weighted by Crippen LogP contribution is -2.56. The van der Waals surface area contributed by atoms with Crippen molar-refractivity contribution in [1.29, 1.82) is 0 Å². The molecule has 4 aliphatic rings. The van der Waals surface area contributed by atoms with E-state index in [2.05, 4.69) is 32.7 Å². The molecule has 32 heavy (non-hydrogen) atoms. The molecule has 1 aromatic heterocycles. The minimum atomic E-state index is -0.416. The topological polar surface area (TPSA) is 53.4 Å². The molecule has 1 heterocycles. The Labute approximate surface area is 195 Å². The molecule has 0 radical (unpaired) electrons. The molecule has 1 aromatic rings. The Morgan fingerprint density at radius 2 is 1.81 bits per heavy atom. The van der Waals surface area contributed by atoms with Crippen molar-refractivity contribution >= 4 is 0 Å². The highest BCUT2D eigenvalue weighted by molar-refractivity contribution is 5.16. The molecule has 0 saturated heterocycles. The van der Waals surface area contributed by atoms with Gasteiger partial charge in [0.25, 0.3) is 0 Å². The molecule has 0 bridgehead atoms. The van der Waals surface area contributed by atoms with Crippen LogP contribution in [0, 0.1) is 46.3 Å². The Morgan fingerprint density at radius 3 is 2.53 bits per heavy atom. The van der Waals surface area contributed by atoms with Gasteiger partial charge < -0.3 is 10.2 Å². The summed E-state index contributed by atoms with van der Waals surface area (Å²) in [5, 5.41) is 22.2. The van der Waals surface area contributed by atoms with Gasteiger partial charge in [-0.2, -0.15) is 0 Å². The molecule has 3 nitrogen and oxygen atoms in total. The Balaban J connectivity index is 1.35. The number of aliphatic hydroxyl groups is 2. The van der Waals surface area contributed by atoms with Crippen LogP contribution in [0.3, 0.4) is 0 Å². The molecular formula is C29H45NO2. The Bertz CT molecular complexity index is 813. The van der Waals surface area contributed by atoms with E-state index in [0.717, 1.165) is 42.6 Å². The van der Waals surface area contributed by atoms with Gasteiger partial charge in [-0.1, -0.05) is 33.8 Å².